The van der Waals surface area contributed by atoms with E-state index in [1.165, 1.54) is 0 Å². The van der Waals surface area contributed by atoms with Gasteiger partial charge in [0.2, 0.25) is 18.6 Å². The van der Waals surface area contributed by atoms with Crippen molar-refractivity contribution in [2.24, 2.45) is 0 Å². The third-order valence-electron chi connectivity index (χ3n) is 2.41. The Bertz CT molecular complexity index is 581. The number of hydrogen-bond donors (Lipinski definition) is 1. The summed E-state index contributed by atoms with van der Waals surface area (Å²) in [6.45, 7) is 2.06. The molecule has 92 valence electrons. The number of nitrogen functional groups attached to an aromatic ring is 1. The molecule has 0 radical (unpaired) electrons. The molecule has 0 aliphatic carbocycles. The second-order valence-corrected chi connectivity index (χ2v) is 3.82. The highest BCUT2D eigenvalue weighted by Crippen LogP contribution is 2.36. The van der Waals surface area contributed by atoms with Crippen molar-refractivity contribution in [1.29, 1.82) is 0 Å². The molecule has 6 nitrogen and oxygen atoms in total. The number of fused-ring (bicyclic) bond motifs is 1. The van der Waals surface area contributed by atoms with Crippen molar-refractivity contribution < 1.29 is 14.2 Å². The van der Waals surface area contributed by atoms with Crippen LogP contribution in [0.4, 0.5) is 5.95 Å². The topological polar surface area (TPSA) is 79.5 Å². The number of nitrogens with two attached hydrogens (primary N) is 1. The van der Waals surface area contributed by atoms with Gasteiger partial charge < -0.3 is 19.9 Å². The Labute approximate surface area is 103 Å². The van der Waals surface area contributed by atoms with Crippen LogP contribution in [0, 0.1) is 6.92 Å². The zero-order chi connectivity index (χ0) is 12.5. The number of rotatable bonds is 2. The minimum Gasteiger partial charge on any atom is -0.454 e. The van der Waals surface area contributed by atoms with Gasteiger partial charge in [0.25, 0.3) is 0 Å². The van der Waals surface area contributed by atoms with Crippen molar-refractivity contribution in [3.05, 3.63) is 30.0 Å². The van der Waals surface area contributed by atoms with Gasteiger partial charge in [0.05, 0.1) is 0 Å². The number of aryl methyl sites for hydroxylation is 1. The molecule has 0 atom stereocenters. The van der Waals surface area contributed by atoms with E-state index in [1.54, 1.807) is 24.3 Å². The number of nitrogens with zero attached hydrogens (tertiary/aromatic N) is 2. The molecule has 2 N–H and O–H groups in total. The minimum absolute atomic E-state index is 0.186. The van der Waals surface area contributed by atoms with E-state index < -0.39 is 0 Å². The summed E-state index contributed by atoms with van der Waals surface area (Å²) in [7, 11) is 0. The summed E-state index contributed by atoms with van der Waals surface area (Å²) < 4.78 is 16.1. The lowest BCUT2D eigenvalue weighted by Gasteiger charge is -2.06. The zero-order valence-corrected chi connectivity index (χ0v) is 9.71. The van der Waals surface area contributed by atoms with E-state index in [2.05, 4.69) is 9.97 Å². The van der Waals surface area contributed by atoms with Crippen LogP contribution in [0.15, 0.2) is 24.3 Å². The first kappa shape index (κ1) is 10.6. The molecular formula is C12H11N3O3. The highest BCUT2D eigenvalue weighted by atomic mass is 16.7. The average molecular weight is 245 g/mol. The molecule has 0 saturated heterocycles. The molecule has 1 aromatic carbocycles. The minimum atomic E-state index is 0.186. The van der Waals surface area contributed by atoms with E-state index in [0.717, 1.165) is 5.69 Å². The van der Waals surface area contributed by atoms with Crippen LogP contribution < -0.4 is 19.9 Å². The van der Waals surface area contributed by atoms with Gasteiger partial charge in [-0.2, -0.15) is 4.98 Å². The summed E-state index contributed by atoms with van der Waals surface area (Å²) in [5.41, 5.74) is 6.30. The Morgan fingerprint density at radius 3 is 2.83 bits per heavy atom. The molecule has 0 spiro atoms. The molecular weight excluding hydrogens is 234 g/mol. The van der Waals surface area contributed by atoms with Crippen molar-refractivity contribution in [3.63, 3.8) is 0 Å². The fraction of sp³-hybridized carbons (Fsp3) is 0.167. The van der Waals surface area contributed by atoms with E-state index >= 15 is 0 Å². The van der Waals surface area contributed by atoms with Gasteiger partial charge in [0.1, 0.15) is 5.75 Å². The van der Waals surface area contributed by atoms with Gasteiger partial charge in [0, 0.05) is 17.8 Å². The Hall–Kier alpha value is -2.50. The first-order valence-electron chi connectivity index (χ1n) is 5.39. The highest BCUT2D eigenvalue weighted by molar-refractivity contribution is 5.47. The fourth-order valence-electron chi connectivity index (χ4n) is 1.68. The van der Waals surface area contributed by atoms with E-state index in [9.17, 15) is 0 Å². The summed E-state index contributed by atoms with van der Waals surface area (Å²) in [6, 6.07) is 7.02. The molecule has 0 unspecified atom stereocenters. The maximum atomic E-state index is 5.60. The molecule has 2 aromatic rings. The third-order valence-corrected chi connectivity index (χ3v) is 2.41. The lowest BCUT2D eigenvalue weighted by molar-refractivity contribution is 0.174. The van der Waals surface area contributed by atoms with Crippen LogP contribution in [-0.2, 0) is 0 Å². The number of hydrogen-bond acceptors (Lipinski definition) is 6. The van der Waals surface area contributed by atoms with Crippen LogP contribution >= 0.6 is 0 Å². The molecule has 0 bridgehead atoms. The molecule has 3 rings (SSSR count). The maximum absolute atomic E-state index is 5.60. The Kier molecular flexibility index (Phi) is 2.40. The van der Waals surface area contributed by atoms with Crippen LogP contribution in [0.3, 0.4) is 0 Å². The van der Waals surface area contributed by atoms with Gasteiger partial charge in [-0.3, -0.25) is 0 Å². The van der Waals surface area contributed by atoms with Crippen LogP contribution in [0.5, 0.6) is 23.1 Å². The summed E-state index contributed by atoms with van der Waals surface area (Å²) in [4.78, 5) is 7.97. The highest BCUT2D eigenvalue weighted by Gasteiger charge is 2.14. The molecule has 18 heavy (non-hydrogen) atoms. The molecule has 0 amide bonds. The van der Waals surface area contributed by atoms with Crippen LogP contribution in [0.25, 0.3) is 0 Å². The lowest BCUT2D eigenvalue weighted by atomic mass is 10.3. The van der Waals surface area contributed by atoms with Crippen molar-refractivity contribution >= 4 is 5.95 Å². The molecule has 1 aliphatic heterocycles. The van der Waals surface area contributed by atoms with Gasteiger partial charge in [-0.25, -0.2) is 4.98 Å². The van der Waals surface area contributed by atoms with Gasteiger partial charge in [-0.15, -0.1) is 0 Å². The van der Waals surface area contributed by atoms with Gasteiger partial charge in [-0.05, 0) is 19.1 Å². The Balaban J connectivity index is 1.88. The SMILES string of the molecule is Cc1cc(Oc2ccc3c(c2)OCO3)nc(N)n1. The zero-order valence-electron chi connectivity index (χ0n) is 9.71. The third kappa shape index (κ3) is 2.00. The second kappa shape index (κ2) is 4.06. The molecule has 1 aliphatic rings. The van der Waals surface area contributed by atoms with Crippen LogP contribution in [-0.4, -0.2) is 16.8 Å². The summed E-state index contributed by atoms with van der Waals surface area (Å²) in [5.74, 6) is 2.56. The van der Waals surface area contributed by atoms with Crippen molar-refractivity contribution in [3.8, 4) is 23.1 Å². The van der Waals surface area contributed by atoms with Crippen LogP contribution in [0.1, 0.15) is 5.69 Å². The summed E-state index contributed by atoms with van der Waals surface area (Å²) >= 11 is 0. The first-order valence-corrected chi connectivity index (χ1v) is 5.39. The molecule has 1 aromatic heterocycles. The molecule has 0 saturated carbocycles. The number of ether oxygens (including phenoxy) is 3. The van der Waals surface area contributed by atoms with Crippen molar-refractivity contribution in [2.75, 3.05) is 12.5 Å². The molecule has 6 heteroatoms. The average Bonchev–Trinajstić information content (AvgIpc) is 2.74. The normalized spacial score (nSPS) is 12.5. The second-order valence-electron chi connectivity index (χ2n) is 3.82. The number of anilines is 1. The van der Waals surface area contributed by atoms with Crippen LogP contribution in [0.2, 0.25) is 0 Å². The number of aromatic nitrogens is 2. The largest absolute Gasteiger partial charge is 0.454 e. The maximum Gasteiger partial charge on any atom is 0.231 e. The fourth-order valence-corrected chi connectivity index (χ4v) is 1.68. The van der Waals surface area contributed by atoms with E-state index in [0.29, 0.717) is 23.1 Å². The Morgan fingerprint density at radius 2 is 2.00 bits per heavy atom. The van der Waals surface area contributed by atoms with E-state index in [-0.39, 0.29) is 12.7 Å². The summed E-state index contributed by atoms with van der Waals surface area (Å²) in [5, 5.41) is 0. The van der Waals surface area contributed by atoms with Gasteiger partial charge in [-0.1, -0.05) is 0 Å². The smallest absolute Gasteiger partial charge is 0.231 e. The van der Waals surface area contributed by atoms with E-state index in [4.69, 9.17) is 19.9 Å². The summed E-state index contributed by atoms with van der Waals surface area (Å²) in [6.07, 6.45) is 0. The van der Waals surface area contributed by atoms with Gasteiger partial charge in [0.15, 0.2) is 11.5 Å². The number of benzene rings is 1. The monoisotopic (exact) mass is 245 g/mol. The van der Waals surface area contributed by atoms with Crippen molar-refractivity contribution in [2.45, 2.75) is 6.92 Å². The van der Waals surface area contributed by atoms with Crippen molar-refractivity contribution in [1.82, 2.24) is 9.97 Å². The Morgan fingerprint density at radius 1 is 1.17 bits per heavy atom. The lowest BCUT2D eigenvalue weighted by Crippen LogP contribution is -1.98. The predicted molar refractivity (Wildman–Crippen MR) is 63.8 cm³/mol. The van der Waals surface area contributed by atoms with E-state index in [1.807, 2.05) is 6.92 Å². The molecule has 2 heterocycles. The van der Waals surface area contributed by atoms with Gasteiger partial charge >= 0.3 is 0 Å². The quantitative estimate of drug-likeness (QED) is 0.870. The predicted octanol–water partition coefficient (Wildman–Crippen LogP) is 1.89. The standard InChI is InChI=1S/C12H11N3O3/c1-7-4-11(15-12(13)14-7)18-8-2-3-9-10(5-8)17-6-16-9/h2-5H,6H2,1H3,(H2,13,14,15). The first-order chi connectivity index (χ1) is 8.70. The molecule has 0 fully saturated rings.